The van der Waals surface area contributed by atoms with Gasteiger partial charge in [-0.1, -0.05) is 19.9 Å². The molecule has 1 N–H and O–H groups in total. The molecule has 1 amide bonds. The number of amides is 1. The molecule has 0 aliphatic rings. The van der Waals surface area contributed by atoms with Crippen LogP contribution in [-0.4, -0.2) is 17.3 Å². The van der Waals surface area contributed by atoms with Gasteiger partial charge in [-0.2, -0.15) is 0 Å². The van der Waals surface area contributed by atoms with Crippen molar-refractivity contribution in [3.05, 3.63) is 35.4 Å². The fourth-order valence-corrected chi connectivity index (χ4v) is 2.27. The van der Waals surface area contributed by atoms with Gasteiger partial charge in [-0.15, -0.1) is 11.6 Å². The van der Waals surface area contributed by atoms with Gasteiger partial charge in [0.05, 0.1) is 12.0 Å². The average molecular weight is 290 g/mol. The second kappa shape index (κ2) is 6.85. The molecule has 0 heterocycles. The highest BCUT2D eigenvalue weighted by molar-refractivity contribution is 6.18. The third-order valence-electron chi connectivity index (χ3n) is 3.38. The Balaban J connectivity index is 2.74. The van der Waals surface area contributed by atoms with Gasteiger partial charge in [0.1, 0.15) is 11.6 Å². The molecule has 19 heavy (non-hydrogen) atoms. The van der Waals surface area contributed by atoms with E-state index in [1.54, 1.807) is 0 Å². The Labute approximate surface area is 117 Å². The molecular weight excluding hydrogens is 272 g/mol. The van der Waals surface area contributed by atoms with E-state index in [-0.39, 0.29) is 17.9 Å². The summed E-state index contributed by atoms with van der Waals surface area (Å²) in [5, 5.41) is 2.84. The van der Waals surface area contributed by atoms with Crippen LogP contribution in [0.5, 0.6) is 0 Å². The van der Waals surface area contributed by atoms with Crippen LogP contribution in [0.3, 0.4) is 0 Å². The summed E-state index contributed by atoms with van der Waals surface area (Å²) in [6.07, 6.45) is 1.28. The Morgan fingerprint density at radius 2 is 1.95 bits per heavy atom. The van der Waals surface area contributed by atoms with Crippen molar-refractivity contribution in [1.29, 1.82) is 0 Å². The molecule has 1 aromatic rings. The molecule has 2 nitrogen and oxygen atoms in total. The maximum atomic E-state index is 13.4. The summed E-state index contributed by atoms with van der Waals surface area (Å²) in [5.74, 6) is -1.37. The number of carbonyl (C=O) groups excluding carboxylic acids is 1. The molecule has 0 fully saturated rings. The predicted molar refractivity (Wildman–Crippen MR) is 72.2 cm³/mol. The average Bonchev–Trinajstić information content (AvgIpc) is 2.39. The van der Waals surface area contributed by atoms with Crippen molar-refractivity contribution in [1.82, 2.24) is 5.32 Å². The molecule has 0 saturated carbocycles. The monoisotopic (exact) mass is 289 g/mol. The Hall–Kier alpha value is -1.16. The van der Waals surface area contributed by atoms with Crippen molar-refractivity contribution >= 4 is 17.5 Å². The standard InChI is InChI=1S/C14H18ClF2NO/c1-3-14(4-2,9-15)18-13(19)7-10-5-6-11(16)8-12(10)17/h5-6,8H,3-4,7,9H2,1-2H3,(H,18,19). The van der Waals surface area contributed by atoms with Gasteiger partial charge in [-0.3, -0.25) is 4.79 Å². The van der Waals surface area contributed by atoms with E-state index in [0.717, 1.165) is 12.1 Å². The molecular formula is C14H18ClF2NO. The Kier molecular flexibility index (Phi) is 5.73. The molecule has 0 bridgehead atoms. The molecule has 0 spiro atoms. The summed E-state index contributed by atoms with van der Waals surface area (Å²) in [5.41, 5.74) is -0.288. The van der Waals surface area contributed by atoms with E-state index in [0.29, 0.717) is 18.7 Å². The lowest BCUT2D eigenvalue weighted by Gasteiger charge is -2.30. The summed E-state index contributed by atoms with van der Waals surface area (Å²) in [4.78, 5) is 11.9. The van der Waals surface area contributed by atoms with Gasteiger partial charge in [-0.25, -0.2) is 8.78 Å². The quantitative estimate of drug-likeness (QED) is 0.799. The van der Waals surface area contributed by atoms with Crippen molar-refractivity contribution < 1.29 is 13.6 Å². The van der Waals surface area contributed by atoms with E-state index in [1.165, 1.54) is 6.07 Å². The maximum Gasteiger partial charge on any atom is 0.224 e. The second-order valence-corrected chi connectivity index (χ2v) is 4.85. The Morgan fingerprint density at radius 3 is 2.42 bits per heavy atom. The summed E-state index contributed by atoms with van der Waals surface area (Å²) < 4.78 is 26.2. The van der Waals surface area contributed by atoms with E-state index < -0.39 is 17.2 Å². The van der Waals surface area contributed by atoms with E-state index in [1.807, 2.05) is 13.8 Å². The van der Waals surface area contributed by atoms with Crippen LogP contribution in [0.15, 0.2) is 18.2 Å². The highest BCUT2D eigenvalue weighted by Crippen LogP contribution is 2.18. The molecule has 0 unspecified atom stereocenters. The van der Waals surface area contributed by atoms with Gasteiger partial charge >= 0.3 is 0 Å². The first kappa shape index (κ1) is 15.9. The van der Waals surface area contributed by atoms with Crippen molar-refractivity contribution in [2.45, 2.75) is 38.6 Å². The molecule has 0 atom stereocenters. The van der Waals surface area contributed by atoms with Crippen LogP contribution in [0.1, 0.15) is 32.3 Å². The lowest BCUT2D eigenvalue weighted by atomic mass is 9.94. The largest absolute Gasteiger partial charge is 0.349 e. The summed E-state index contributed by atoms with van der Waals surface area (Å²) >= 11 is 5.89. The molecule has 0 aliphatic heterocycles. The molecule has 0 aromatic heterocycles. The number of halogens is 3. The zero-order chi connectivity index (χ0) is 14.5. The van der Waals surface area contributed by atoms with Crippen molar-refractivity contribution in [2.75, 3.05) is 5.88 Å². The third kappa shape index (κ3) is 4.16. The smallest absolute Gasteiger partial charge is 0.224 e. The van der Waals surface area contributed by atoms with Gasteiger partial charge < -0.3 is 5.32 Å². The van der Waals surface area contributed by atoms with Crippen LogP contribution in [0.25, 0.3) is 0 Å². The first-order valence-corrected chi connectivity index (χ1v) is 6.80. The van der Waals surface area contributed by atoms with Gasteiger partial charge in [0.2, 0.25) is 5.91 Å². The van der Waals surface area contributed by atoms with Crippen LogP contribution < -0.4 is 5.32 Å². The van der Waals surface area contributed by atoms with Crippen LogP contribution in [0.4, 0.5) is 8.78 Å². The molecule has 0 saturated heterocycles. The van der Waals surface area contributed by atoms with Crippen molar-refractivity contribution in [3.63, 3.8) is 0 Å². The minimum absolute atomic E-state index is 0.120. The van der Waals surface area contributed by atoms with E-state index >= 15 is 0 Å². The fraction of sp³-hybridized carbons (Fsp3) is 0.500. The zero-order valence-electron chi connectivity index (χ0n) is 11.1. The molecule has 0 radical (unpaired) electrons. The SMILES string of the molecule is CCC(CC)(CCl)NC(=O)Cc1ccc(F)cc1F. The summed E-state index contributed by atoms with van der Waals surface area (Å²) in [6, 6.07) is 3.20. The third-order valence-corrected chi connectivity index (χ3v) is 3.89. The molecule has 5 heteroatoms. The van der Waals surface area contributed by atoms with Crippen LogP contribution in [0.2, 0.25) is 0 Å². The second-order valence-electron chi connectivity index (χ2n) is 4.58. The highest BCUT2D eigenvalue weighted by atomic mass is 35.5. The number of hydrogen-bond donors (Lipinski definition) is 1. The first-order chi connectivity index (χ1) is 8.96. The van der Waals surface area contributed by atoms with Crippen molar-refractivity contribution in [2.24, 2.45) is 0 Å². The summed E-state index contributed by atoms with van der Waals surface area (Å²) in [7, 11) is 0. The van der Waals surface area contributed by atoms with Gasteiger partial charge in [0, 0.05) is 11.9 Å². The van der Waals surface area contributed by atoms with Crippen LogP contribution in [0, 0.1) is 11.6 Å². The minimum Gasteiger partial charge on any atom is -0.349 e. The zero-order valence-corrected chi connectivity index (χ0v) is 11.9. The lowest BCUT2D eigenvalue weighted by Crippen LogP contribution is -2.49. The summed E-state index contributed by atoms with van der Waals surface area (Å²) in [6.45, 7) is 3.87. The van der Waals surface area contributed by atoms with Gasteiger partial charge in [0.15, 0.2) is 0 Å². The Bertz CT molecular complexity index is 439. The number of nitrogens with one attached hydrogen (secondary N) is 1. The number of alkyl halides is 1. The normalized spacial score (nSPS) is 11.4. The van der Waals surface area contributed by atoms with E-state index in [4.69, 9.17) is 11.6 Å². The molecule has 0 aliphatic carbocycles. The highest BCUT2D eigenvalue weighted by Gasteiger charge is 2.27. The van der Waals surface area contributed by atoms with Gasteiger partial charge in [-0.05, 0) is 24.5 Å². The lowest BCUT2D eigenvalue weighted by molar-refractivity contribution is -0.122. The maximum absolute atomic E-state index is 13.4. The minimum atomic E-state index is -0.709. The molecule has 1 aromatic carbocycles. The van der Waals surface area contributed by atoms with E-state index in [2.05, 4.69) is 5.32 Å². The fourth-order valence-electron chi connectivity index (χ4n) is 1.83. The number of rotatable bonds is 6. The van der Waals surface area contributed by atoms with Crippen molar-refractivity contribution in [3.8, 4) is 0 Å². The molecule has 106 valence electrons. The number of benzene rings is 1. The first-order valence-electron chi connectivity index (χ1n) is 6.27. The topological polar surface area (TPSA) is 29.1 Å². The number of hydrogen-bond acceptors (Lipinski definition) is 1. The predicted octanol–water partition coefficient (Wildman–Crippen LogP) is 3.42. The van der Waals surface area contributed by atoms with E-state index in [9.17, 15) is 13.6 Å². The van der Waals surface area contributed by atoms with Crippen LogP contribution in [-0.2, 0) is 11.2 Å². The van der Waals surface area contributed by atoms with Gasteiger partial charge in [0.25, 0.3) is 0 Å². The van der Waals surface area contributed by atoms with Crippen LogP contribution >= 0.6 is 11.6 Å². The Morgan fingerprint density at radius 1 is 1.32 bits per heavy atom. The molecule has 1 rings (SSSR count). The number of carbonyl (C=O) groups is 1.